The molecule has 0 bridgehead atoms. The van der Waals surface area contributed by atoms with Crippen molar-refractivity contribution in [3.05, 3.63) is 65.2 Å². The van der Waals surface area contributed by atoms with Crippen LogP contribution in [0, 0.1) is 5.92 Å². The predicted octanol–water partition coefficient (Wildman–Crippen LogP) is 4.99. The van der Waals surface area contributed by atoms with Gasteiger partial charge in [0.15, 0.2) is 0 Å². The van der Waals surface area contributed by atoms with Gasteiger partial charge in [0.05, 0.1) is 11.7 Å². The molecular formula is C24H30N2O2S2. The highest BCUT2D eigenvalue weighted by Crippen LogP contribution is 2.45. The summed E-state index contributed by atoms with van der Waals surface area (Å²) in [4.78, 5) is 15.2. The summed E-state index contributed by atoms with van der Waals surface area (Å²) in [5.74, 6) is 3.72. The summed E-state index contributed by atoms with van der Waals surface area (Å²) in [6.07, 6.45) is 2.28. The van der Waals surface area contributed by atoms with E-state index in [1.54, 1.807) is 7.11 Å². The van der Waals surface area contributed by atoms with Gasteiger partial charge in [-0.1, -0.05) is 24.3 Å². The normalized spacial score (nSPS) is 22.7. The topological polar surface area (TPSA) is 41.6 Å². The van der Waals surface area contributed by atoms with Crippen LogP contribution < -0.4 is 10.1 Å². The lowest BCUT2D eigenvalue weighted by molar-refractivity contribution is 0.0891. The minimum absolute atomic E-state index is 0.0231. The molecule has 2 unspecified atom stereocenters. The van der Waals surface area contributed by atoms with E-state index in [1.165, 1.54) is 22.6 Å². The van der Waals surface area contributed by atoms with E-state index >= 15 is 0 Å². The van der Waals surface area contributed by atoms with E-state index in [0.29, 0.717) is 23.1 Å². The Bertz CT molecular complexity index is 835. The largest absolute Gasteiger partial charge is 0.497 e. The molecule has 2 atom stereocenters. The van der Waals surface area contributed by atoms with Crippen LogP contribution in [-0.2, 0) is 0 Å². The van der Waals surface area contributed by atoms with Gasteiger partial charge in [-0.25, -0.2) is 0 Å². The molecule has 2 fully saturated rings. The lowest BCUT2D eigenvalue weighted by Crippen LogP contribution is -2.41. The number of hydrogen-bond acceptors (Lipinski definition) is 5. The van der Waals surface area contributed by atoms with Crippen molar-refractivity contribution in [2.75, 3.05) is 38.8 Å². The number of carbonyl (C=O) groups is 1. The fourth-order valence-electron chi connectivity index (χ4n) is 4.47. The Morgan fingerprint density at radius 2 is 1.73 bits per heavy atom. The molecule has 2 aliphatic rings. The molecule has 4 rings (SSSR count). The van der Waals surface area contributed by atoms with E-state index in [1.807, 2.05) is 47.8 Å². The molecule has 1 N–H and O–H groups in total. The summed E-state index contributed by atoms with van der Waals surface area (Å²) in [7, 11) is 3.87. The van der Waals surface area contributed by atoms with Gasteiger partial charge in [-0.05, 0) is 67.7 Å². The fraction of sp³-hybridized carbons (Fsp3) is 0.458. The number of rotatable bonds is 6. The molecular weight excluding hydrogens is 412 g/mol. The van der Waals surface area contributed by atoms with Crippen LogP contribution in [0.3, 0.4) is 0 Å². The number of nitrogens with one attached hydrogen (secondary N) is 1. The van der Waals surface area contributed by atoms with Crippen molar-refractivity contribution in [2.45, 2.75) is 23.5 Å². The number of likely N-dealkylation sites (tertiary alicyclic amines) is 1. The van der Waals surface area contributed by atoms with Crippen molar-refractivity contribution in [3.63, 3.8) is 0 Å². The molecule has 0 saturated carbocycles. The summed E-state index contributed by atoms with van der Waals surface area (Å²) in [6.45, 7) is 1.77. The van der Waals surface area contributed by atoms with E-state index in [4.69, 9.17) is 4.74 Å². The number of thioether (sulfide) groups is 2. The average Bonchev–Trinajstić information content (AvgIpc) is 3.33. The number of ether oxygens (including phenoxy) is 1. The van der Waals surface area contributed by atoms with Gasteiger partial charge < -0.3 is 10.1 Å². The Kier molecular flexibility index (Phi) is 7.28. The highest BCUT2D eigenvalue weighted by Gasteiger charge is 2.30. The zero-order chi connectivity index (χ0) is 20.9. The number of methoxy groups -OCH3 is 1. The zero-order valence-electron chi connectivity index (χ0n) is 17.7. The van der Waals surface area contributed by atoms with Crippen molar-refractivity contribution < 1.29 is 9.53 Å². The van der Waals surface area contributed by atoms with Crippen LogP contribution >= 0.6 is 23.5 Å². The second kappa shape index (κ2) is 10.1. The van der Waals surface area contributed by atoms with Crippen molar-refractivity contribution in [1.29, 1.82) is 0 Å². The minimum Gasteiger partial charge on any atom is -0.497 e. The molecule has 2 saturated heterocycles. The summed E-state index contributed by atoms with van der Waals surface area (Å²) in [5.41, 5.74) is 3.34. The second-order valence-corrected chi connectivity index (χ2v) is 10.7. The lowest BCUT2D eigenvalue weighted by atomic mass is 9.85. The van der Waals surface area contributed by atoms with Gasteiger partial charge in [0.25, 0.3) is 5.91 Å². The quantitative estimate of drug-likeness (QED) is 0.683. The number of benzene rings is 2. The smallest absolute Gasteiger partial charge is 0.251 e. The van der Waals surface area contributed by atoms with Crippen LogP contribution in [0.5, 0.6) is 5.75 Å². The van der Waals surface area contributed by atoms with Gasteiger partial charge in [0.1, 0.15) is 5.75 Å². The van der Waals surface area contributed by atoms with Gasteiger partial charge >= 0.3 is 0 Å². The van der Waals surface area contributed by atoms with Crippen molar-refractivity contribution >= 4 is 29.4 Å². The van der Waals surface area contributed by atoms with Gasteiger partial charge in [0, 0.05) is 29.7 Å². The average molecular weight is 443 g/mol. The Labute approximate surface area is 188 Å². The van der Waals surface area contributed by atoms with Gasteiger partial charge in [-0.3, -0.25) is 9.69 Å². The molecule has 1 amide bonds. The second-order valence-electron chi connectivity index (χ2n) is 8.01. The van der Waals surface area contributed by atoms with Crippen LogP contribution in [0.25, 0.3) is 0 Å². The number of hydrogen-bond donors (Lipinski definition) is 1. The molecule has 6 heteroatoms. The first-order valence-electron chi connectivity index (χ1n) is 10.6. The highest BCUT2D eigenvalue weighted by molar-refractivity contribution is 8.19. The molecule has 2 aliphatic heterocycles. The van der Waals surface area contributed by atoms with E-state index in [9.17, 15) is 4.79 Å². The van der Waals surface area contributed by atoms with Crippen molar-refractivity contribution in [1.82, 2.24) is 10.2 Å². The van der Waals surface area contributed by atoms with Gasteiger partial charge in [-0.2, -0.15) is 0 Å². The predicted molar refractivity (Wildman–Crippen MR) is 128 cm³/mol. The van der Waals surface area contributed by atoms with Crippen molar-refractivity contribution in [3.8, 4) is 5.75 Å². The molecule has 0 spiro atoms. The molecule has 2 heterocycles. The van der Waals surface area contributed by atoms with E-state index in [-0.39, 0.29) is 5.91 Å². The summed E-state index contributed by atoms with van der Waals surface area (Å²) >= 11 is 3.98. The number of piperidine rings is 1. The fourth-order valence-corrected chi connectivity index (χ4v) is 7.33. The zero-order valence-corrected chi connectivity index (χ0v) is 19.3. The van der Waals surface area contributed by atoms with E-state index in [2.05, 4.69) is 41.5 Å². The molecule has 160 valence electrons. The standard InChI is InChI=1S/C24H30N2O2S2/c1-26-13-3-4-20(22(26)17-9-11-21(28-2)12-10-17)16-25-23(27)18-5-7-19(8-6-18)24-29-14-15-30-24/h5-12,20,22,24H,3-4,13-16H2,1-2H3,(H,25,27). The van der Waals surface area contributed by atoms with E-state index in [0.717, 1.165) is 30.7 Å². The van der Waals surface area contributed by atoms with Gasteiger partial charge in [-0.15, -0.1) is 23.5 Å². The lowest BCUT2D eigenvalue weighted by Gasteiger charge is -2.39. The number of amides is 1. The molecule has 4 nitrogen and oxygen atoms in total. The Morgan fingerprint density at radius 1 is 1.07 bits per heavy atom. The Balaban J connectivity index is 1.39. The SMILES string of the molecule is COc1ccc(C2C(CNC(=O)c3ccc(C4SCCS4)cc3)CCCN2C)cc1. The Morgan fingerprint density at radius 3 is 2.40 bits per heavy atom. The van der Waals surface area contributed by atoms with Crippen LogP contribution in [0.1, 0.15) is 45.0 Å². The first-order chi connectivity index (χ1) is 14.7. The Hall–Kier alpha value is -1.63. The van der Waals surface area contributed by atoms with Crippen LogP contribution in [-0.4, -0.2) is 49.6 Å². The van der Waals surface area contributed by atoms with Gasteiger partial charge in [0.2, 0.25) is 0 Å². The monoisotopic (exact) mass is 442 g/mol. The van der Waals surface area contributed by atoms with Crippen molar-refractivity contribution in [2.24, 2.45) is 5.92 Å². The molecule has 0 aromatic heterocycles. The van der Waals surface area contributed by atoms with Crippen LogP contribution in [0.4, 0.5) is 0 Å². The maximum Gasteiger partial charge on any atom is 0.251 e. The third-order valence-corrected chi connectivity index (χ3v) is 9.16. The first-order valence-corrected chi connectivity index (χ1v) is 12.7. The molecule has 30 heavy (non-hydrogen) atoms. The third kappa shape index (κ3) is 4.98. The molecule has 2 aromatic carbocycles. The highest BCUT2D eigenvalue weighted by atomic mass is 32.2. The molecule has 0 radical (unpaired) electrons. The first kappa shape index (κ1) is 21.6. The number of nitrogens with zero attached hydrogens (tertiary/aromatic N) is 1. The molecule has 2 aromatic rings. The van der Waals surface area contributed by atoms with Crippen LogP contribution in [0.2, 0.25) is 0 Å². The molecule has 0 aliphatic carbocycles. The summed E-state index contributed by atoms with van der Waals surface area (Å²) in [6, 6.07) is 16.8. The number of carbonyl (C=O) groups excluding carboxylic acids is 1. The summed E-state index contributed by atoms with van der Waals surface area (Å²) < 4.78 is 5.82. The maximum atomic E-state index is 12.8. The minimum atomic E-state index is 0.0231. The van der Waals surface area contributed by atoms with E-state index < -0.39 is 0 Å². The maximum absolute atomic E-state index is 12.8. The van der Waals surface area contributed by atoms with Crippen LogP contribution in [0.15, 0.2) is 48.5 Å². The third-order valence-electron chi connectivity index (χ3n) is 6.06. The summed E-state index contributed by atoms with van der Waals surface area (Å²) in [5, 5.41) is 3.20.